The standard InChI is InChI=1S/C32H34ClFN6O5S/c1-2-3-19-44-32(41)40-18-8-11-23(20-40)37-31-36-17-15-26(38-31)24-12-7-16-35-30(24)45-29-25(33)13-14-27(28(29)34)39-46(42,43)21-22-9-5-4-6-10-22/h4-7,9-10,12-17,23,39H,2-3,8,11,18-21H2,1H3,(H,36,37,38)/t23-/m0/s1. The summed E-state index contributed by atoms with van der Waals surface area (Å²) in [6.07, 6.45) is 6.08. The highest BCUT2D eigenvalue weighted by Crippen LogP contribution is 2.38. The summed E-state index contributed by atoms with van der Waals surface area (Å²) in [6.45, 7) is 3.50. The van der Waals surface area contributed by atoms with Gasteiger partial charge in [-0.1, -0.05) is 55.3 Å². The van der Waals surface area contributed by atoms with E-state index in [9.17, 15) is 13.2 Å². The van der Waals surface area contributed by atoms with E-state index in [1.165, 1.54) is 18.3 Å². The minimum Gasteiger partial charge on any atom is -0.449 e. The average molecular weight is 669 g/mol. The summed E-state index contributed by atoms with van der Waals surface area (Å²) in [5.74, 6) is -1.42. The van der Waals surface area contributed by atoms with Gasteiger partial charge in [-0.25, -0.2) is 32.6 Å². The van der Waals surface area contributed by atoms with Gasteiger partial charge in [0.05, 0.1) is 34.3 Å². The van der Waals surface area contributed by atoms with Crippen LogP contribution in [0.3, 0.4) is 0 Å². The fourth-order valence-corrected chi connectivity index (χ4v) is 6.26. The van der Waals surface area contributed by atoms with E-state index >= 15 is 4.39 Å². The second-order valence-electron chi connectivity index (χ2n) is 10.7. The molecule has 2 aromatic heterocycles. The van der Waals surface area contributed by atoms with Crippen molar-refractivity contribution in [2.24, 2.45) is 0 Å². The molecule has 1 amide bonds. The molecule has 3 heterocycles. The molecule has 11 nitrogen and oxygen atoms in total. The number of nitrogens with zero attached hydrogens (tertiary/aromatic N) is 4. The van der Waals surface area contributed by atoms with E-state index in [0.717, 1.165) is 25.7 Å². The molecule has 0 unspecified atom stereocenters. The number of nitrogens with one attached hydrogen (secondary N) is 2. The Labute approximate surface area is 272 Å². The molecule has 0 radical (unpaired) electrons. The minimum atomic E-state index is -3.95. The molecule has 1 fully saturated rings. The first kappa shape index (κ1) is 32.9. The number of unbranched alkanes of at least 4 members (excludes halogenated alkanes) is 1. The van der Waals surface area contributed by atoms with Crippen LogP contribution in [0.2, 0.25) is 5.02 Å². The van der Waals surface area contributed by atoms with Gasteiger partial charge >= 0.3 is 6.09 Å². The van der Waals surface area contributed by atoms with Crippen LogP contribution >= 0.6 is 11.6 Å². The number of carbonyl (C=O) groups excluding carboxylic acids is 1. The van der Waals surface area contributed by atoms with Gasteiger partial charge in [-0.05, 0) is 55.2 Å². The predicted octanol–water partition coefficient (Wildman–Crippen LogP) is 6.88. The van der Waals surface area contributed by atoms with E-state index in [0.29, 0.717) is 42.5 Å². The molecule has 1 atom stereocenters. The van der Waals surface area contributed by atoms with Gasteiger partial charge in [0, 0.05) is 31.5 Å². The molecule has 242 valence electrons. The lowest BCUT2D eigenvalue weighted by atomic mass is 10.1. The Kier molecular flexibility index (Phi) is 10.9. The van der Waals surface area contributed by atoms with Crippen molar-refractivity contribution in [2.75, 3.05) is 29.7 Å². The number of carbonyl (C=O) groups is 1. The number of likely N-dealkylation sites (tertiary alicyclic amines) is 1. The van der Waals surface area contributed by atoms with Crippen LogP contribution < -0.4 is 14.8 Å². The zero-order chi connectivity index (χ0) is 32.5. The number of benzene rings is 2. The van der Waals surface area contributed by atoms with Gasteiger partial charge in [0.25, 0.3) is 0 Å². The first-order chi connectivity index (χ1) is 22.2. The normalized spacial score (nSPS) is 14.8. The molecule has 5 rings (SSSR count). The molecule has 1 aliphatic rings. The molecule has 46 heavy (non-hydrogen) atoms. The number of ether oxygens (including phenoxy) is 2. The number of hydrogen-bond acceptors (Lipinski definition) is 9. The average Bonchev–Trinajstić information content (AvgIpc) is 3.05. The summed E-state index contributed by atoms with van der Waals surface area (Å²) in [4.78, 5) is 27.4. The molecule has 4 aromatic rings. The largest absolute Gasteiger partial charge is 0.449 e. The van der Waals surface area contributed by atoms with Crippen LogP contribution in [-0.4, -0.2) is 60.1 Å². The molecule has 0 saturated carbocycles. The van der Waals surface area contributed by atoms with Crippen molar-refractivity contribution in [1.29, 1.82) is 0 Å². The fraction of sp³-hybridized carbons (Fsp3) is 0.312. The first-order valence-electron chi connectivity index (χ1n) is 14.9. The third-order valence-electron chi connectivity index (χ3n) is 7.15. The van der Waals surface area contributed by atoms with Crippen molar-refractivity contribution in [2.45, 2.75) is 44.4 Å². The van der Waals surface area contributed by atoms with Gasteiger partial charge in [-0.3, -0.25) is 4.72 Å². The first-order valence-corrected chi connectivity index (χ1v) is 16.9. The predicted molar refractivity (Wildman–Crippen MR) is 174 cm³/mol. The maximum atomic E-state index is 15.7. The van der Waals surface area contributed by atoms with E-state index in [1.807, 2.05) is 6.92 Å². The Balaban J connectivity index is 1.32. The quantitative estimate of drug-likeness (QED) is 0.155. The number of amides is 1. The maximum absolute atomic E-state index is 15.7. The number of aromatic nitrogens is 3. The molecular weight excluding hydrogens is 635 g/mol. The summed E-state index contributed by atoms with van der Waals surface area (Å²) in [5.41, 5.74) is 1.08. The van der Waals surface area contributed by atoms with Gasteiger partial charge in [0.15, 0.2) is 11.6 Å². The lowest BCUT2D eigenvalue weighted by molar-refractivity contribution is 0.0920. The van der Waals surface area contributed by atoms with E-state index in [4.69, 9.17) is 21.1 Å². The van der Waals surface area contributed by atoms with E-state index in [2.05, 4.69) is 25.0 Å². The summed E-state index contributed by atoms with van der Waals surface area (Å²) in [7, 11) is -3.95. The van der Waals surface area contributed by atoms with Crippen molar-refractivity contribution in [3.63, 3.8) is 0 Å². The lowest BCUT2D eigenvalue weighted by Gasteiger charge is -2.32. The third-order valence-corrected chi connectivity index (χ3v) is 8.69. The van der Waals surface area contributed by atoms with E-state index < -0.39 is 21.6 Å². The van der Waals surface area contributed by atoms with Crippen LogP contribution in [0.5, 0.6) is 11.6 Å². The molecule has 14 heteroatoms. The number of hydrogen-bond donors (Lipinski definition) is 2. The molecular formula is C32H34ClFN6O5S. The number of sulfonamides is 1. The van der Waals surface area contributed by atoms with Crippen LogP contribution in [0.15, 0.2) is 73.1 Å². The van der Waals surface area contributed by atoms with Gasteiger partial charge in [-0.15, -0.1) is 0 Å². The second-order valence-corrected chi connectivity index (χ2v) is 12.8. The zero-order valence-electron chi connectivity index (χ0n) is 25.2. The second kappa shape index (κ2) is 15.2. The van der Waals surface area contributed by atoms with Crippen molar-refractivity contribution < 1.29 is 27.1 Å². The topological polar surface area (TPSA) is 136 Å². The number of anilines is 2. The van der Waals surface area contributed by atoms with Crippen LogP contribution in [0, 0.1) is 5.82 Å². The number of rotatable bonds is 12. The van der Waals surface area contributed by atoms with Gasteiger partial charge in [-0.2, -0.15) is 0 Å². The number of piperidine rings is 1. The Bertz CT molecular complexity index is 1770. The molecule has 2 aromatic carbocycles. The maximum Gasteiger partial charge on any atom is 0.409 e. The highest BCUT2D eigenvalue weighted by atomic mass is 35.5. The molecule has 2 N–H and O–H groups in total. The monoisotopic (exact) mass is 668 g/mol. The number of pyridine rings is 1. The lowest BCUT2D eigenvalue weighted by Crippen LogP contribution is -2.45. The van der Waals surface area contributed by atoms with E-state index in [1.54, 1.807) is 59.6 Å². The highest BCUT2D eigenvalue weighted by Gasteiger charge is 2.26. The molecule has 1 saturated heterocycles. The van der Waals surface area contributed by atoms with Crippen molar-refractivity contribution in [3.05, 3.63) is 89.5 Å². The van der Waals surface area contributed by atoms with Crippen LogP contribution in [0.1, 0.15) is 38.2 Å². The van der Waals surface area contributed by atoms with Crippen molar-refractivity contribution in [1.82, 2.24) is 19.9 Å². The number of halogens is 2. The van der Waals surface area contributed by atoms with Crippen LogP contribution in [0.25, 0.3) is 11.3 Å². The van der Waals surface area contributed by atoms with Gasteiger partial charge in [0.1, 0.15) is 0 Å². The Hall–Kier alpha value is -4.49. The third kappa shape index (κ3) is 8.61. The molecule has 0 bridgehead atoms. The highest BCUT2D eigenvalue weighted by molar-refractivity contribution is 7.91. The zero-order valence-corrected chi connectivity index (χ0v) is 26.7. The van der Waals surface area contributed by atoms with Crippen molar-refractivity contribution >= 4 is 39.4 Å². The van der Waals surface area contributed by atoms with Crippen LogP contribution in [0.4, 0.5) is 20.8 Å². The molecule has 0 spiro atoms. The summed E-state index contributed by atoms with van der Waals surface area (Å²) in [5, 5.41) is 3.21. The van der Waals surface area contributed by atoms with Gasteiger partial charge < -0.3 is 19.7 Å². The molecule has 0 aliphatic carbocycles. The molecule has 1 aliphatic heterocycles. The SMILES string of the molecule is CCCCOC(=O)N1CCC[C@H](Nc2nccc(-c3cccnc3Oc3c(Cl)ccc(NS(=O)(=O)Cc4ccccc4)c3F)n2)C1. The van der Waals surface area contributed by atoms with Gasteiger partial charge in [0.2, 0.25) is 21.9 Å². The summed E-state index contributed by atoms with van der Waals surface area (Å²) in [6, 6.07) is 16.0. The van der Waals surface area contributed by atoms with E-state index in [-0.39, 0.29) is 34.5 Å². The Morgan fingerprint density at radius 3 is 2.72 bits per heavy atom. The minimum absolute atomic E-state index is 0.00379. The Morgan fingerprint density at radius 2 is 1.91 bits per heavy atom. The van der Waals surface area contributed by atoms with Crippen LogP contribution in [-0.2, 0) is 20.5 Å². The Morgan fingerprint density at radius 1 is 1.09 bits per heavy atom. The van der Waals surface area contributed by atoms with Crippen molar-refractivity contribution in [3.8, 4) is 22.9 Å². The summed E-state index contributed by atoms with van der Waals surface area (Å²) < 4.78 is 54.8. The fourth-order valence-electron chi connectivity index (χ4n) is 4.88. The smallest absolute Gasteiger partial charge is 0.409 e. The summed E-state index contributed by atoms with van der Waals surface area (Å²) >= 11 is 6.31.